The topological polar surface area (TPSA) is 134 Å². The van der Waals surface area contributed by atoms with Crippen LogP contribution in [0.4, 0.5) is 0 Å². The third kappa shape index (κ3) is 54.6. The number of phosphoric acid groups is 1. The molecule has 71 heavy (non-hydrogen) atoms. The van der Waals surface area contributed by atoms with Crippen molar-refractivity contribution in [3.05, 3.63) is 170 Å². The lowest BCUT2D eigenvalue weighted by atomic mass is 10.1. The van der Waals surface area contributed by atoms with E-state index >= 15 is 0 Å². The molecule has 0 amide bonds. The van der Waals surface area contributed by atoms with Crippen LogP contribution in [0, 0.1) is 0 Å². The summed E-state index contributed by atoms with van der Waals surface area (Å²) in [7, 11) is -4.42. The lowest BCUT2D eigenvalue weighted by molar-refractivity contribution is -0.161. The summed E-state index contributed by atoms with van der Waals surface area (Å²) in [6.45, 7) is 3.38. The number of esters is 2. The first-order chi connectivity index (χ1) is 34.8. The van der Waals surface area contributed by atoms with E-state index in [4.69, 9.17) is 24.3 Å². The minimum Gasteiger partial charge on any atom is -0.462 e. The zero-order valence-corrected chi connectivity index (χ0v) is 44.8. The Labute approximate surface area is 431 Å². The number of allylic oxidation sites excluding steroid dienone is 28. The van der Waals surface area contributed by atoms with Gasteiger partial charge in [0.25, 0.3) is 0 Å². The lowest BCUT2D eigenvalue weighted by Gasteiger charge is -2.19. The molecule has 0 saturated carbocycles. The Bertz CT molecular complexity index is 1760. The number of ether oxygens (including phenoxy) is 2. The number of hydrogen-bond donors (Lipinski definition) is 2. The number of nitrogens with two attached hydrogens (primary N) is 1. The molecule has 0 fully saturated rings. The normalized spacial score (nSPS) is 14.5. The third-order valence-corrected chi connectivity index (χ3v) is 11.1. The van der Waals surface area contributed by atoms with Crippen molar-refractivity contribution in [1.29, 1.82) is 0 Å². The number of carbonyl (C=O) groups excluding carboxylic acids is 2. The van der Waals surface area contributed by atoms with Crippen molar-refractivity contribution in [1.82, 2.24) is 0 Å². The van der Waals surface area contributed by atoms with Crippen LogP contribution in [0.1, 0.15) is 168 Å². The van der Waals surface area contributed by atoms with E-state index in [9.17, 15) is 19.0 Å². The molecule has 0 aromatic rings. The van der Waals surface area contributed by atoms with E-state index in [1.54, 1.807) is 0 Å². The molecule has 2 unspecified atom stereocenters. The molecule has 0 saturated heterocycles. The molecule has 3 N–H and O–H groups in total. The standard InChI is InChI=1S/C61H94NO8P/c1-3-5-7-9-11-13-15-17-19-21-22-23-24-25-26-27-28-29-30-31-32-33-34-35-36-38-40-42-44-46-48-50-52-54-61(64)70-59(58-69-71(65,66)68-56-55-62)57-67-60(63)53-51-49-47-45-43-41-39-37-20-18-16-14-12-10-8-6-4-2/h5-8,11-14,17-20,22-23,25-26,28-29,31-32,34-35,38-41,45,47,59H,3-4,9-10,15-16,21,24,27,30,33,36-37,42-44,46,48-58,62H2,1-2H3,(H,65,66)/b7-5-,8-6-,13-11-,14-12-,19-17-,20-18-,23-22-,26-25-,29-28-,32-31-,35-34-,40-38-,41-39-,47-45-. The second-order valence-electron chi connectivity index (χ2n) is 16.6. The Kier molecular flexibility index (Phi) is 51.1. The van der Waals surface area contributed by atoms with Gasteiger partial charge in [-0.25, -0.2) is 4.57 Å². The van der Waals surface area contributed by atoms with Crippen LogP contribution in [0.2, 0.25) is 0 Å². The highest BCUT2D eigenvalue weighted by Crippen LogP contribution is 2.43. The van der Waals surface area contributed by atoms with Crippen LogP contribution in [-0.4, -0.2) is 49.3 Å². The molecule has 0 heterocycles. The molecule has 0 radical (unpaired) electrons. The maximum atomic E-state index is 12.7. The number of unbranched alkanes of at least 4 members (excludes halogenated alkanes) is 6. The second-order valence-corrected chi connectivity index (χ2v) is 18.1. The number of carbonyl (C=O) groups is 2. The van der Waals surface area contributed by atoms with Gasteiger partial charge in [-0.1, -0.05) is 203 Å². The fourth-order valence-electron chi connectivity index (χ4n) is 6.25. The van der Waals surface area contributed by atoms with Gasteiger partial charge in [0.15, 0.2) is 6.10 Å². The summed E-state index contributed by atoms with van der Waals surface area (Å²) in [4.78, 5) is 35.0. The van der Waals surface area contributed by atoms with Gasteiger partial charge in [-0.3, -0.25) is 18.6 Å². The molecule has 0 aromatic heterocycles. The van der Waals surface area contributed by atoms with E-state index in [0.717, 1.165) is 128 Å². The van der Waals surface area contributed by atoms with Gasteiger partial charge in [0.05, 0.1) is 13.2 Å². The van der Waals surface area contributed by atoms with Gasteiger partial charge in [0, 0.05) is 19.4 Å². The third-order valence-electron chi connectivity index (χ3n) is 10.1. The Hall–Kier alpha value is -4.63. The quantitative estimate of drug-likeness (QED) is 0.0264. The van der Waals surface area contributed by atoms with Crippen LogP contribution >= 0.6 is 7.82 Å². The zero-order chi connectivity index (χ0) is 51.7. The predicted molar refractivity (Wildman–Crippen MR) is 302 cm³/mol. The Morgan fingerprint density at radius 1 is 0.423 bits per heavy atom. The first-order valence-corrected chi connectivity index (χ1v) is 28.1. The fraction of sp³-hybridized carbons (Fsp3) is 0.508. The fourth-order valence-corrected chi connectivity index (χ4v) is 7.01. The van der Waals surface area contributed by atoms with E-state index < -0.39 is 32.5 Å². The summed E-state index contributed by atoms with van der Waals surface area (Å²) in [5.41, 5.74) is 5.36. The van der Waals surface area contributed by atoms with Crippen LogP contribution in [0.25, 0.3) is 0 Å². The smallest absolute Gasteiger partial charge is 0.462 e. The Morgan fingerprint density at radius 3 is 1.13 bits per heavy atom. The Morgan fingerprint density at radius 2 is 0.746 bits per heavy atom. The highest BCUT2D eigenvalue weighted by Gasteiger charge is 2.26. The minimum atomic E-state index is -4.42. The largest absolute Gasteiger partial charge is 0.472 e. The van der Waals surface area contributed by atoms with Crippen molar-refractivity contribution >= 4 is 19.8 Å². The van der Waals surface area contributed by atoms with Gasteiger partial charge >= 0.3 is 19.8 Å². The number of rotatable bonds is 47. The zero-order valence-electron chi connectivity index (χ0n) is 43.9. The lowest BCUT2D eigenvalue weighted by Crippen LogP contribution is -2.29. The highest BCUT2D eigenvalue weighted by molar-refractivity contribution is 7.47. The first-order valence-electron chi connectivity index (χ1n) is 26.6. The van der Waals surface area contributed by atoms with E-state index in [-0.39, 0.29) is 32.6 Å². The molecular formula is C61H94NO8P. The summed E-state index contributed by atoms with van der Waals surface area (Å²) in [5.74, 6) is -0.937. The average molecular weight is 1000 g/mol. The van der Waals surface area contributed by atoms with E-state index in [2.05, 4.69) is 178 Å². The van der Waals surface area contributed by atoms with Crippen LogP contribution in [0.5, 0.6) is 0 Å². The van der Waals surface area contributed by atoms with E-state index in [1.165, 1.54) is 0 Å². The monoisotopic (exact) mass is 1000 g/mol. The van der Waals surface area contributed by atoms with Gasteiger partial charge in [-0.05, 0) is 122 Å². The van der Waals surface area contributed by atoms with Crippen LogP contribution < -0.4 is 5.73 Å². The summed E-state index contributed by atoms with van der Waals surface area (Å²) in [6, 6.07) is 0. The number of hydrogen-bond acceptors (Lipinski definition) is 8. The van der Waals surface area contributed by atoms with Crippen LogP contribution in [0.3, 0.4) is 0 Å². The molecule has 0 bridgehead atoms. The summed E-state index contributed by atoms with van der Waals surface area (Å²) < 4.78 is 32.8. The van der Waals surface area contributed by atoms with Gasteiger partial charge in [0.1, 0.15) is 6.61 Å². The SMILES string of the molecule is CC/C=C\C/C=C\C/C=C\C/C=C\C/C=C\C/C=C\C/C=C\C/C=C\C/C=C\CCCCCCCC(=O)OC(COC(=O)CCC/C=C\C/C=C\C/C=C\C/C=C\C/C=C\CC)COP(=O)(O)OCCN. The van der Waals surface area contributed by atoms with E-state index in [0.29, 0.717) is 12.8 Å². The van der Waals surface area contributed by atoms with Crippen LogP contribution in [0.15, 0.2) is 170 Å². The van der Waals surface area contributed by atoms with Crippen molar-refractivity contribution in [2.24, 2.45) is 5.73 Å². The molecule has 0 aromatic carbocycles. The highest BCUT2D eigenvalue weighted by atomic mass is 31.2. The number of phosphoric ester groups is 1. The molecular weight excluding hydrogens is 906 g/mol. The molecule has 0 aliphatic rings. The summed E-state index contributed by atoms with van der Waals surface area (Å²) >= 11 is 0. The molecule has 0 aliphatic carbocycles. The maximum absolute atomic E-state index is 12.7. The molecule has 396 valence electrons. The Balaban J connectivity index is 4.18. The summed E-state index contributed by atoms with van der Waals surface area (Å²) in [6.07, 6.45) is 81.2. The second kappa shape index (κ2) is 54.7. The summed E-state index contributed by atoms with van der Waals surface area (Å²) in [5, 5.41) is 0. The van der Waals surface area contributed by atoms with Crippen molar-refractivity contribution < 1.29 is 37.6 Å². The van der Waals surface area contributed by atoms with Gasteiger partial charge in [-0.15, -0.1) is 0 Å². The molecule has 9 nitrogen and oxygen atoms in total. The molecule has 10 heteroatoms. The molecule has 2 atom stereocenters. The predicted octanol–water partition coefficient (Wildman–Crippen LogP) is 16.7. The van der Waals surface area contributed by atoms with E-state index in [1.807, 2.05) is 6.08 Å². The van der Waals surface area contributed by atoms with Crippen molar-refractivity contribution in [2.75, 3.05) is 26.4 Å². The maximum Gasteiger partial charge on any atom is 0.472 e. The van der Waals surface area contributed by atoms with Gasteiger partial charge in [-0.2, -0.15) is 0 Å². The van der Waals surface area contributed by atoms with Crippen LogP contribution in [-0.2, 0) is 32.7 Å². The van der Waals surface area contributed by atoms with Crippen molar-refractivity contribution in [3.8, 4) is 0 Å². The van der Waals surface area contributed by atoms with Crippen molar-refractivity contribution in [3.63, 3.8) is 0 Å². The van der Waals surface area contributed by atoms with Crippen molar-refractivity contribution in [2.45, 2.75) is 174 Å². The average Bonchev–Trinajstić information content (AvgIpc) is 3.36. The minimum absolute atomic E-state index is 0.0319. The van der Waals surface area contributed by atoms with Gasteiger partial charge < -0.3 is 20.1 Å². The molecule has 0 aliphatic heterocycles. The molecule has 0 spiro atoms. The molecule has 0 rings (SSSR count). The van der Waals surface area contributed by atoms with Gasteiger partial charge in [0.2, 0.25) is 0 Å². The first kappa shape index (κ1) is 66.4.